The van der Waals surface area contributed by atoms with Crippen molar-refractivity contribution in [2.24, 2.45) is 5.73 Å². The zero-order valence-electron chi connectivity index (χ0n) is 14.0. The maximum Gasteiger partial charge on any atom is 0.263 e. The third-order valence-electron chi connectivity index (χ3n) is 4.38. The fourth-order valence-corrected chi connectivity index (χ4v) is 3.09. The van der Waals surface area contributed by atoms with Crippen molar-refractivity contribution in [3.8, 4) is 5.75 Å². The zero-order chi connectivity index (χ0) is 17.1. The van der Waals surface area contributed by atoms with Gasteiger partial charge >= 0.3 is 0 Å². The van der Waals surface area contributed by atoms with E-state index in [2.05, 4.69) is 0 Å². The van der Waals surface area contributed by atoms with Crippen molar-refractivity contribution in [3.63, 3.8) is 0 Å². The molecule has 0 radical (unpaired) electrons. The third kappa shape index (κ3) is 4.50. The van der Waals surface area contributed by atoms with Gasteiger partial charge in [-0.15, -0.1) is 12.4 Å². The summed E-state index contributed by atoms with van der Waals surface area (Å²) in [4.78, 5) is 14.4. The molecule has 4 nitrogen and oxygen atoms in total. The SMILES string of the molecule is CC(Oc1ccc(F)cc1)C(=O)N1C[C@@H](N)[C@H](c2ccccc2)C1.Cl. The van der Waals surface area contributed by atoms with E-state index in [9.17, 15) is 9.18 Å². The van der Waals surface area contributed by atoms with Gasteiger partial charge in [0.1, 0.15) is 11.6 Å². The molecule has 1 amide bonds. The van der Waals surface area contributed by atoms with Crippen LogP contribution in [-0.4, -0.2) is 36.0 Å². The maximum absolute atomic E-state index is 12.9. The summed E-state index contributed by atoms with van der Waals surface area (Å²) in [6, 6.07) is 15.6. The van der Waals surface area contributed by atoms with Crippen molar-refractivity contribution < 1.29 is 13.9 Å². The van der Waals surface area contributed by atoms with Gasteiger partial charge in [0.2, 0.25) is 0 Å². The van der Waals surface area contributed by atoms with Gasteiger partial charge in [0.05, 0.1) is 0 Å². The number of amides is 1. The average Bonchev–Trinajstić information content (AvgIpc) is 2.99. The monoisotopic (exact) mass is 364 g/mol. The van der Waals surface area contributed by atoms with E-state index in [-0.39, 0.29) is 36.1 Å². The number of benzene rings is 2. The van der Waals surface area contributed by atoms with E-state index in [0.717, 1.165) is 5.56 Å². The molecule has 0 spiro atoms. The van der Waals surface area contributed by atoms with E-state index in [1.807, 2.05) is 30.3 Å². The minimum atomic E-state index is -0.641. The summed E-state index contributed by atoms with van der Waals surface area (Å²) in [5.41, 5.74) is 7.38. The summed E-state index contributed by atoms with van der Waals surface area (Å²) in [6.07, 6.45) is -0.641. The fourth-order valence-electron chi connectivity index (χ4n) is 3.09. The first-order valence-electron chi connectivity index (χ1n) is 8.06. The lowest BCUT2D eigenvalue weighted by molar-refractivity contribution is -0.136. The predicted molar refractivity (Wildman–Crippen MR) is 97.5 cm³/mol. The van der Waals surface area contributed by atoms with Crippen LogP contribution in [0.25, 0.3) is 0 Å². The van der Waals surface area contributed by atoms with Crippen molar-refractivity contribution in [3.05, 3.63) is 66.0 Å². The Bertz CT molecular complexity index is 696. The quantitative estimate of drug-likeness (QED) is 0.907. The lowest BCUT2D eigenvalue weighted by Crippen LogP contribution is -2.40. The molecule has 0 bridgehead atoms. The Kier molecular flexibility index (Phi) is 6.39. The molecule has 3 atom stereocenters. The van der Waals surface area contributed by atoms with Crippen molar-refractivity contribution in [2.45, 2.75) is 25.0 Å². The topological polar surface area (TPSA) is 55.6 Å². The van der Waals surface area contributed by atoms with Crippen molar-refractivity contribution in [1.82, 2.24) is 4.90 Å². The molecule has 1 heterocycles. The van der Waals surface area contributed by atoms with E-state index >= 15 is 0 Å². The summed E-state index contributed by atoms with van der Waals surface area (Å²) in [7, 11) is 0. The molecule has 0 aromatic heterocycles. The zero-order valence-corrected chi connectivity index (χ0v) is 14.8. The summed E-state index contributed by atoms with van der Waals surface area (Å²) < 4.78 is 18.6. The number of ether oxygens (including phenoxy) is 1. The molecule has 0 saturated carbocycles. The van der Waals surface area contributed by atoms with E-state index in [0.29, 0.717) is 18.8 Å². The number of carbonyl (C=O) groups excluding carboxylic acids is 1. The molecule has 1 aliphatic rings. The molecule has 134 valence electrons. The maximum atomic E-state index is 12.9. The highest BCUT2D eigenvalue weighted by molar-refractivity contribution is 5.85. The Morgan fingerprint density at radius 2 is 1.80 bits per heavy atom. The van der Waals surface area contributed by atoms with Gasteiger partial charge < -0.3 is 15.4 Å². The van der Waals surface area contributed by atoms with Crippen molar-refractivity contribution in [1.29, 1.82) is 0 Å². The summed E-state index contributed by atoms with van der Waals surface area (Å²) in [5, 5.41) is 0. The second-order valence-corrected chi connectivity index (χ2v) is 6.14. The van der Waals surface area contributed by atoms with Crippen LogP contribution < -0.4 is 10.5 Å². The number of carbonyl (C=O) groups is 1. The normalized spacial score (nSPS) is 20.7. The molecule has 25 heavy (non-hydrogen) atoms. The van der Waals surface area contributed by atoms with Crippen molar-refractivity contribution in [2.75, 3.05) is 13.1 Å². The Hall–Kier alpha value is -2.11. The molecular formula is C19H22ClFN2O2. The highest BCUT2D eigenvalue weighted by atomic mass is 35.5. The van der Waals surface area contributed by atoms with Crippen LogP contribution in [0.5, 0.6) is 5.75 Å². The van der Waals surface area contributed by atoms with Gasteiger partial charge in [0, 0.05) is 25.0 Å². The standard InChI is InChI=1S/C19H21FN2O2.ClH/c1-13(24-16-9-7-15(20)8-10-16)19(23)22-11-17(18(21)12-22)14-5-3-2-4-6-14;/h2-10,13,17-18H,11-12,21H2,1H3;1H/t13?,17-,18+;/m0./s1. The molecule has 0 aliphatic carbocycles. The van der Waals surface area contributed by atoms with E-state index in [1.165, 1.54) is 24.3 Å². The smallest absolute Gasteiger partial charge is 0.263 e. The van der Waals surface area contributed by atoms with Crippen LogP contribution in [0.1, 0.15) is 18.4 Å². The first-order chi connectivity index (χ1) is 11.5. The van der Waals surface area contributed by atoms with Crippen LogP contribution in [-0.2, 0) is 4.79 Å². The number of hydrogen-bond donors (Lipinski definition) is 1. The van der Waals surface area contributed by atoms with Gasteiger partial charge in [-0.25, -0.2) is 4.39 Å². The number of likely N-dealkylation sites (tertiary alicyclic amines) is 1. The van der Waals surface area contributed by atoms with Gasteiger partial charge in [0.25, 0.3) is 5.91 Å². The number of rotatable bonds is 4. The molecule has 1 aliphatic heterocycles. The van der Waals surface area contributed by atoms with Crippen LogP contribution in [0.15, 0.2) is 54.6 Å². The minimum absolute atomic E-state index is 0. The number of hydrogen-bond acceptors (Lipinski definition) is 3. The first kappa shape index (κ1) is 19.2. The highest BCUT2D eigenvalue weighted by Crippen LogP contribution is 2.27. The summed E-state index contributed by atoms with van der Waals surface area (Å²) in [5.74, 6) is 0.166. The van der Waals surface area contributed by atoms with Gasteiger partial charge in [-0.3, -0.25) is 4.79 Å². The Morgan fingerprint density at radius 1 is 1.16 bits per heavy atom. The van der Waals surface area contributed by atoms with Crippen LogP contribution in [0.3, 0.4) is 0 Å². The second kappa shape index (κ2) is 8.32. The van der Waals surface area contributed by atoms with Crippen LogP contribution in [0.2, 0.25) is 0 Å². The molecule has 2 N–H and O–H groups in total. The van der Waals surface area contributed by atoms with Crippen molar-refractivity contribution >= 4 is 18.3 Å². The van der Waals surface area contributed by atoms with Gasteiger partial charge in [-0.2, -0.15) is 0 Å². The van der Waals surface area contributed by atoms with Crippen LogP contribution in [0, 0.1) is 5.82 Å². The van der Waals surface area contributed by atoms with Gasteiger partial charge in [-0.05, 0) is 36.8 Å². The molecule has 1 fully saturated rings. The van der Waals surface area contributed by atoms with E-state index < -0.39 is 6.10 Å². The molecule has 2 aromatic rings. The first-order valence-corrected chi connectivity index (χ1v) is 8.06. The largest absolute Gasteiger partial charge is 0.481 e. The van der Waals surface area contributed by atoms with Crippen LogP contribution in [0.4, 0.5) is 4.39 Å². The fraction of sp³-hybridized carbons (Fsp3) is 0.316. The number of halogens is 2. The third-order valence-corrected chi connectivity index (χ3v) is 4.38. The Morgan fingerprint density at radius 3 is 2.44 bits per heavy atom. The number of nitrogens with two attached hydrogens (primary N) is 1. The minimum Gasteiger partial charge on any atom is -0.481 e. The lowest BCUT2D eigenvalue weighted by atomic mass is 9.95. The number of nitrogens with zero attached hydrogens (tertiary/aromatic N) is 1. The molecule has 1 saturated heterocycles. The summed E-state index contributed by atoms with van der Waals surface area (Å²) in [6.45, 7) is 2.80. The second-order valence-electron chi connectivity index (χ2n) is 6.14. The predicted octanol–water partition coefficient (Wildman–Crippen LogP) is 2.97. The van der Waals surface area contributed by atoms with E-state index in [4.69, 9.17) is 10.5 Å². The lowest BCUT2D eigenvalue weighted by Gasteiger charge is -2.21. The Labute approximate surface area is 153 Å². The van der Waals surface area contributed by atoms with Gasteiger partial charge in [0.15, 0.2) is 6.10 Å². The van der Waals surface area contributed by atoms with Crippen LogP contribution >= 0.6 is 12.4 Å². The van der Waals surface area contributed by atoms with E-state index in [1.54, 1.807) is 11.8 Å². The Balaban J connectivity index is 0.00000225. The highest BCUT2D eigenvalue weighted by Gasteiger charge is 2.35. The molecule has 2 aromatic carbocycles. The summed E-state index contributed by atoms with van der Waals surface area (Å²) >= 11 is 0. The molecule has 1 unspecified atom stereocenters. The average molecular weight is 365 g/mol. The molecule has 3 rings (SSSR count). The molecular weight excluding hydrogens is 343 g/mol. The molecule has 6 heteroatoms. The van der Waals surface area contributed by atoms with Gasteiger partial charge in [-0.1, -0.05) is 30.3 Å².